The minimum Gasteiger partial charge on any atom is -0.508 e. The number of benzene rings is 1. The minimum absolute atomic E-state index is 0.129. The summed E-state index contributed by atoms with van der Waals surface area (Å²) in [5.74, 6) is -0.808. The van der Waals surface area contributed by atoms with E-state index in [1.165, 1.54) is 12.1 Å². The highest BCUT2D eigenvalue weighted by Crippen LogP contribution is 2.16. The molecule has 0 heterocycles. The molecule has 0 aromatic heterocycles. The molecule has 13 heavy (non-hydrogen) atoms. The summed E-state index contributed by atoms with van der Waals surface area (Å²) < 4.78 is 0. The first-order valence-electron chi connectivity index (χ1n) is 3.84. The molecule has 0 aliphatic carbocycles. The van der Waals surface area contributed by atoms with Crippen LogP contribution in [0.2, 0.25) is 0 Å². The lowest BCUT2D eigenvalue weighted by Crippen LogP contribution is -2.24. The number of rotatable bonds is 3. The zero-order valence-corrected chi connectivity index (χ0v) is 7.19. The van der Waals surface area contributed by atoms with E-state index >= 15 is 0 Å². The van der Waals surface area contributed by atoms with E-state index in [-0.39, 0.29) is 5.75 Å². The third-order valence-electron chi connectivity index (χ3n) is 1.76. The van der Waals surface area contributed by atoms with Gasteiger partial charge >= 0.3 is 5.97 Å². The monoisotopic (exact) mass is 181 g/mol. The van der Waals surface area contributed by atoms with Crippen molar-refractivity contribution in [2.45, 2.75) is 6.04 Å². The van der Waals surface area contributed by atoms with Crippen LogP contribution in [-0.2, 0) is 4.79 Å². The van der Waals surface area contributed by atoms with Crippen molar-refractivity contribution >= 4 is 5.97 Å². The second kappa shape index (κ2) is 3.91. The van der Waals surface area contributed by atoms with Crippen molar-refractivity contribution in [3.63, 3.8) is 0 Å². The van der Waals surface area contributed by atoms with Crippen molar-refractivity contribution < 1.29 is 15.0 Å². The summed E-state index contributed by atoms with van der Waals surface area (Å²) in [7, 11) is 1.58. The average molecular weight is 181 g/mol. The fourth-order valence-electron chi connectivity index (χ4n) is 1.10. The third-order valence-corrected chi connectivity index (χ3v) is 1.76. The smallest absolute Gasteiger partial charge is 0.325 e. The highest BCUT2D eigenvalue weighted by Gasteiger charge is 2.16. The second-order valence-electron chi connectivity index (χ2n) is 2.65. The normalized spacial score (nSPS) is 12.4. The standard InChI is InChI=1S/C9H11NO3/c1-10-8(9(12)13)6-2-4-7(11)5-3-6/h2-5,8,10-11H,1H3,(H,12,13). The fraction of sp³-hybridized carbons (Fsp3) is 0.222. The number of phenolic OH excluding ortho intramolecular Hbond substituents is 1. The third kappa shape index (κ3) is 2.19. The van der Waals surface area contributed by atoms with Crippen LogP contribution in [0.15, 0.2) is 24.3 Å². The van der Waals surface area contributed by atoms with Gasteiger partial charge in [0.15, 0.2) is 0 Å². The fourth-order valence-corrected chi connectivity index (χ4v) is 1.10. The maximum Gasteiger partial charge on any atom is 0.325 e. The van der Waals surface area contributed by atoms with Crippen molar-refractivity contribution in [3.8, 4) is 5.75 Å². The molecule has 1 aromatic carbocycles. The quantitative estimate of drug-likeness (QED) is 0.643. The lowest BCUT2D eigenvalue weighted by Gasteiger charge is -2.10. The van der Waals surface area contributed by atoms with Crippen LogP contribution >= 0.6 is 0 Å². The van der Waals surface area contributed by atoms with Crippen LogP contribution in [0.5, 0.6) is 5.75 Å². The molecule has 1 aromatic rings. The van der Waals surface area contributed by atoms with E-state index in [9.17, 15) is 4.79 Å². The van der Waals surface area contributed by atoms with Crippen LogP contribution < -0.4 is 5.32 Å². The molecular formula is C9H11NO3. The summed E-state index contributed by atoms with van der Waals surface area (Å²) in [6.45, 7) is 0. The van der Waals surface area contributed by atoms with Gasteiger partial charge in [0, 0.05) is 0 Å². The lowest BCUT2D eigenvalue weighted by atomic mass is 10.1. The summed E-state index contributed by atoms with van der Waals surface area (Å²) in [5.41, 5.74) is 0.618. The van der Waals surface area contributed by atoms with E-state index in [0.717, 1.165) is 0 Å². The van der Waals surface area contributed by atoms with E-state index in [1.54, 1.807) is 19.2 Å². The highest BCUT2D eigenvalue weighted by atomic mass is 16.4. The van der Waals surface area contributed by atoms with Gasteiger partial charge in [-0.1, -0.05) is 12.1 Å². The van der Waals surface area contributed by atoms with Crippen molar-refractivity contribution in [3.05, 3.63) is 29.8 Å². The van der Waals surface area contributed by atoms with Crippen LogP contribution in [0.3, 0.4) is 0 Å². The number of likely N-dealkylation sites (N-methyl/N-ethyl adjacent to an activating group) is 1. The van der Waals surface area contributed by atoms with Gasteiger partial charge in [-0.05, 0) is 24.7 Å². The van der Waals surface area contributed by atoms with Gasteiger partial charge < -0.3 is 15.5 Å². The SMILES string of the molecule is CNC(C(=O)O)c1ccc(O)cc1. The molecule has 0 aliphatic heterocycles. The topological polar surface area (TPSA) is 69.6 Å². The van der Waals surface area contributed by atoms with Crippen LogP contribution in [0.4, 0.5) is 0 Å². The van der Waals surface area contributed by atoms with E-state index in [0.29, 0.717) is 5.56 Å². The van der Waals surface area contributed by atoms with E-state index in [1.807, 2.05) is 0 Å². The predicted octanol–water partition coefficient (Wildman–Crippen LogP) is 0.737. The summed E-state index contributed by atoms with van der Waals surface area (Å²) in [6, 6.07) is 5.35. The number of nitrogens with one attached hydrogen (secondary N) is 1. The Morgan fingerprint density at radius 2 is 1.92 bits per heavy atom. The number of aliphatic carboxylic acids is 1. The second-order valence-corrected chi connectivity index (χ2v) is 2.65. The molecular weight excluding hydrogens is 170 g/mol. The van der Waals surface area contributed by atoms with Gasteiger partial charge in [-0.25, -0.2) is 0 Å². The Hall–Kier alpha value is -1.55. The van der Waals surface area contributed by atoms with Gasteiger partial charge in [-0.3, -0.25) is 4.79 Å². The van der Waals surface area contributed by atoms with Gasteiger partial charge in [0.05, 0.1) is 0 Å². The highest BCUT2D eigenvalue weighted by molar-refractivity contribution is 5.75. The summed E-state index contributed by atoms with van der Waals surface area (Å²) >= 11 is 0. The number of carboxylic acids is 1. The molecule has 0 radical (unpaired) electrons. The molecule has 4 nitrogen and oxygen atoms in total. The minimum atomic E-state index is -0.937. The van der Waals surface area contributed by atoms with Crippen LogP contribution in [-0.4, -0.2) is 23.2 Å². The molecule has 0 bridgehead atoms. The molecule has 0 spiro atoms. The molecule has 0 aliphatic rings. The Kier molecular flexibility index (Phi) is 2.87. The molecule has 4 heteroatoms. The molecule has 1 atom stereocenters. The predicted molar refractivity (Wildman–Crippen MR) is 47.5 cm³/mol. The van der Waals surface area contributed by atoms with Crippen molar-refractivity contribution in [2.24, 2.45) is 0 Å². The first-order valence-corrected chi connectivity index (χ1v) is 3.84. The van der Waals surface area contributed by atoms with E-state index in [4.69, 9.17) is 10.2 Å². The number of hydrogen-bond donors (Lipinski definition) is 3. The number of carbonyl (C=O) groups is 1. The van der Waals surface area contributed by atoms with Gasteiger partial charge in [-0.2, -0.15) is 0 Å². The Balaban J connectivity index is 2.92. The summed E-state index contributed by atoms with van der Waals surface area (Å²) in [5, 5.41) is 20.4. The van der Waals surface area contributed by atoms with Crippen LogP contribution in [0, 0.1) is 0 Å². The van der Waals surface area contributed by atoms with Gasteiger partial charge in [0.1, 0.15) is 11.8 Å². The molecule has 0 saturated carbocycles. The molecule has 1 rings (SSSR count). The maximum absolute atomic E-state index is 10.7. The maximum atomic E-state index is 10.7. The molecule has 0 fully saturated rings. The van der Waals surface area contributed by atoms with E-state index in [2.05, 4.69) is 5.32 Å². The summed E-state index contributed by atoms with van der Waals surface area (Å²) in [4.78, 5) is 10.7. The zero-order valence-electron chi connectivity index (χ0n) is 7.19. The number of hydrogen-bond acceptors (Lipinski definition) is 3. The Morgan fingerprint density at radius 1 is 1.38 bits per heavy atom. The van der Waals surface area contributed by atoms with Crippen molar-refractivity contribution in [1.29, 1.82) is 0 Å². The number of carboxylic acid groups (broad SMARTS) is 1. The van der Waals surface area contributed by atoms with Crippen LogP contribution in [0.25, 0.3) is 0 Å². The summed E-state index contributed by atoms with van der Waals surface area (Å²) in [6.07, 6.45) is 0. The molecule has 0 amide bonds. The Bertz CT molecular complexity index is 294. The Labute approximate surface area is 75.8 Å². The largest absolute Gasteiger partial charge is 0.508 e. The van der Waals surface area contributed by atoms with Crippen molar-refractivity contribution in [2.75, 3.05) is 7.05 Å². The molecule has 1 unspecified atom stereocenters. The zero-order chi connectivity index (χ0) is 9.84. The first-order chi connectivity index (χ1) is 6.15. The van der Waals surface area contributed by atoms with E-state index < -0.39 is 12.0 Å². The number of aromatic hydroxyl groups is 1. The Morgan fingerprint density at radius 3 is 2.31 bits per heavy atom. The number of phenols is 1. The average Bonchev–Trinajstić information content (AvgIpc) is 2.09. The molecule has 3 N–H and O–H groups in total. The lowest BCUT2D eigenvalue weighted by molar-refractivity contribution is -0.139. The first kappa shape index (κ1) is 9.54. The van der Waals surface area contributed by atoms with Gasteiger partial charge in [-0.15, -0.1) is 0 Å². The molecule has 70 valence electrons. The van der Waals surface area contributed by atoms with Gasteiger partial charge in [0.25, 0.3) is 0 Å². The van der Waals surface area contributed by atoms with Crippen molar-refractivity contribution in [1.82, 2.24) is 5.32 Å². The van der Waals surface area contributed by atoms with Crippen LogP contribution in [0.1, 0.15) is 11.6 Å². The molecule has 0 saturated heterocycles. The van der Waals surface area contributed by atoms with Gasteiger partial charge in [0.2, 0.25) is 0 Å².